The average Bonchev–Trinajstić information content (AvgIpc) is 2.38. The highest BCUT2D eigenvalue weighted by atomic mass is 35.5. The minimum atomic E-state index is 0.743. The van der Waals surface area contributed by atoms with Gasteiger partial charge in [0.15, 0.2) is 11.5 Å². The van der Waals surface area contributed by atoms with Crippen LogP contribution in [0.2, 0.25) is 5.02 Å². The van der Waals surface area contributed by atoms with Crippen LogP contribution in [0.4, 0.5) is 0 Å². The molecule has 0 aliphatic heterocycles. The van der Waals surface area contributed by atoms with Crippen molar-refractivity contribution < 1.29 is 9.47 Å². The van der Waals surface area contributed by atoms with E-state index in [9.17, 15) is 0 Å². The Kier molecular flexibility index (Phi) is 4.24. The summed E-state index contributed by atoms with van der Waals surface area (Å²) in [5.74, 6) is 2.27. The lowest BCUT2D eigenvalue weighted by molar-refractivity contribution is 0.377. The molecule has 0 heterocycles. The second-order valence-corrected chi connectivity index (χ2v) is 5.46. The Labute approximate surface area is 125 Å². The SMILES string of the molecule is COc1cc(C)cc(C)c1Oc1cc(C)c(Cl)c(C)c1. The third-order valence-electron chi connectivity index (χ3n) is 3.23. The second kappa shape index (κ2) is 5.76. The number of halogens is 1. The molecule has 2 aromatic rings. The minimum absolute atomic E-state index is 0.743. The lowest BCUT2D eigenvalue weighted by Gasteiger charge is -2.15. The number of hydrogen-bond donors (Lipinski definition) is 0. The number of rotatable bonds is 3. The van der Waals surface area contributed by atoms with E-state index in [-0.39, 0.29) is 0 Å². The lowest BCUT2D eigenvalue weighted by atomic mass is 10.1. The molecule has 0 aliphatic carbocycles. The maximum Gasteiger partial charge on any atom is 0.172 e. The third-order valence-corrected chi connectivity index (χ3v) is 3.83. The van der Waals surface area contributed by atoms with Crippen LogP contribution in [0.5, 0.6) is 17.2 Å². The Morgan fingerprint density at radius 2 is 1.45 bits per heavy atom. The molecule has 0 saturated carbocycles. The highest BCUT2D eigenvalue weighted by Gasteiger charge is 2.12. The Hall–Kier alpha value is -1.67. The van der Waals surface area contributed by atoms with Crippen molar-refractivity contribution in [1.82, 2.24) is 0 Å². The van der Waals surface area contributed by atoms with E-state index in [4.69, 9.17) is 21.1 Å². The number of benzene rings is 2. The molecular formula is C17H19ClO2. The van der Waals surface area contributed by atoms with Crippen LogP contribution in [0.25, 0.3) is 0 Å². The molecule has 0 atom stereocenters. The Bertz CT molecular complexity index is 625. The number of methoxy groups -OCH3 is 1. The van der Waals surface area contributed by atoms with E-state index in [0.29, 0.717) is 0 Å². The van der Waals surface area contributed by atoms with Crippen LogP contribution in [0.1, 0.15) is 22.3 Å². The van der Waals surface area contributed by atoms with Gasteiger partial charge in [-0.3, -0.25) is 0 Å². The van der Waals surface area contributed by atoms with Crippen molar-refractivity contribution in [1.29, 1.82) is 0 Å². The molecule has 0 aromatic heterocycles. The molecule has 0 bridgehead atoms. The van der Waals surface area contributed by atoms with Crippen LogP contribution in [0.3, 0.4) is 0 Å². The topological polar surface area (TPSA) is 18.5 Å². The molecule has 20 heavy (non-hydrogen) atoms. The zero-order valence-corrected chi connectivity index (χ0v) is 13.3. The Morgan fingerprint density at radius 3 is 2.00 bits per heavy atom. The van der Waals surface area contributed by atoms with Gasteiger partial charge in [-0.25, -0.2) is 0 Å². The quantitative estimate of drug-likeness (QED) is 0.756. The van der Waals surface area contributed by atoms with Gasteiger partial charge in [0.25, 0.3) is 0 Å². The standard InChI is InChI=1S/C17H19ClO2/c1-10-6-13(4)17(15(7-10)19-5)20-14-8-11(2)16(18)12(3)9-14/h6-9H,1-5H3. The Balaban J connectivity index is 2.45. The van der Waals surface area contributed by atoms with E-state index >= 15 is 0 Å². The van der Waals surface area contributed by atoms with Gasteiger partial charge < -0.3 is 9.47 Å². The number of aryl methyl sites for hydroxylation is 4. The van der Waals surface area contributed by atoms with Crippen LogP contribution in [0, 0.1) is 27.7 Å². The zero-order chi connectivity index (χ0) is 14.9. The van der Waals surface area contributed by atoms with Crippen molar-refractivity contribution in [3.63, 3.8) is 0 Å². The molecular weight excluding hydrogens is 272 g/mol. The molecule has 0 spiro atoms. The molecule has 0 amide bonds. The fourth-order valence-corrected chi connectivity index (χ4v) is 2.39. The number of hydrogen-bond acceptors (Lipinski definition) is 2. The smallest absolute Gasteiger partial charge is 0.172 e. The summed E-state index contributed by atoms with van der Waals surface area (Å²) in [6, 6.07) is 7.92. The largest absolute Gasteiger partial charge is 0.493 e. The molecule has 0 fully saturated rings. The summed E-state index contributed by atoms with van der Waals surface area (Å²) in [6.45, 7) is 8.00. The van der Waals surface area contributed by atoms with Crippen LogP contribution >= 0.6 is 11.6 Å². The molecule has 2 nitrogen and oxygen atoms in total. The zero-order valence-electron chi connectivity index (χ0n) is 12.5. The van der Waals surface area contributed by atoms with Crippen LogP contribution < -0.4 is 9.47 Å². The van der Waals surface area contributed by atoms with E-state index < -0.39 is 0 Å². The molecule has 0 radical (unpaired) electrons. The van der Waals surface area contributed by atoms with Crippen molar-refractivity contribution >= 4 is 11.6 Å². The van der Waals surface area contributed by atoms with E-state index in [0.717, 1.165) is 44.5 Å². The fraction of sp³-hybridized carbons (Fsp3) is 0.294. The van der Waals surface area contributed by atoms with E-state index in [2.05, 4.69) is 6.07 Å². The fourth-order valence-electron chi connectivity index (χ4n) is 2.28. The van der Waals surface area contributed by atoms with E-state index in [1.165, 1.54) is 0 Å². The monoisotopic (exact) mass is 290 g/mol. The minimum Gasteiger partial charge on any atom is -0.493 e. The summed E-state index contributed by atoms with van der Waals surface area (Å²) < 4.78 is 11.4. The van der Waals surface area contributed by atoms with Gasteiger partial charge >= 0.3 is 0 Å². The van der Waals surface area contributed by atoms with E-state index in [1.807, 2.05) is 45.9 Å². The van der Waals surface area contributed by atoms with Crippen molar-refractivity contribution in [2.45, 2.75) is 27.7 Å². The van der Waals surface area contributed by atoms with Gasteiger partial charge in [-0.15, -0.1) is 0 Å². The van der Waals surface area contributed by atoms with Gasteiger partial charge in [0.2, 0.25) is 0 Å². The number of ether oxygens (including phenoxy) is 2. The molecule has 0 N–H and O–H groups in total. The summed E-state index contributed by atoms with van der Waals surface area (Å²) in [5, 5.41) is 0.782. The molecule has 2 aromatic carbocycles. The molecule has 0 aliphatic rings. The van der Waals surface area contributed by atoms with Crippen molar-refractivity contribution in [2.75, 3.05) is 7.11 Å². The molecule has 2 rings (SSSR count). The van der Waals surface area contributed by atoms with Crippen molar-refractivity contribution in [2.24, 2.45) is 0 Å². The first-order valence-corrected chi connectivity index (χ1v) is 6.90. The maximum absolute atomic E-state index is 6.18. The molecule has 0 saturated heterocycles. The van der Waals surface area contributed by atoms with Gasteiger partial charge in [-0.05, 0) is 68.1 Å². The first kappa shape index (κ1) is 14.7. The summed E-state index contributed by atoms with van der Waals surface area (Å²) in [4.78, 5) is 0. The van der Waals surface area contributed by atoms with Crippen molar-refractivity contribution in [3.05, 3.63) is 51.5 Å². The highest BCUT2D eigenvalue weighted by molar-refractivity contribution is 6.32. The summed E-state index contributed by atoms with van der Waals surface area (Å²) in [7, 11) is 1.65. The van der Waals surface area contributed by atoms with Crippen molar-refractivity contribution in [3.8, 4) is 17.2 Å². The maximum atomic E-state index is 6.18. The predicted octanol–water partition coefficient (Wildman–Crippen LogP) is 5.37. The average molecular weight is 291 g/mol. The summed E-state index contributed by atoms with van der Waals surface area (Å²) in [5.41, 5.74) is 4.21. The first-order valence-electron chi connectivity index (χ1n) is 6.52. The van der Waals surface area contributed by atoms with Crippen LogP contribution in [-0.4, -0.2) is 7.11 Å². The molecule has 0 unspecified atom stereocenters. The highest BCUT2D eigenvalue weighted by Crippen LogP contribution is 2.37. The predicted molar refractivity (Wildman–Crippen MR) is 83.5 cm³/mol. The van der Waals surface area contributed by atoms with Gasteiger partial charge in [-0.2, -0.15) is 0 Å². The first-order chi connectivity index (χ1) is 9.42. The third kappa shape index (κ3) is 2.91. The second-order valence-electron chi connectivity index (χ2n) is 5.09. The van der Waals surface area contributed by atoms with Gasteiger partial charge in [-0.1, -0.05) is 17.7 Å². The van der Waals surface area contributed by atoms with Gasteiger partial charge in [0.05, 0.1) is 7.11 Å². The van der Waals surface area contributed by atoms with Crippen LogP contribution in [0.15, 0.2) is 24.3 Å². The lowest BCUT2D eigenvalue weighted by Crippen LogP contribution is -1.95. The Morgan fingerprint density at radius 1 is 0.850 bits per heavy atom. The van der Waals surface area contributed by atoms with E-state index in [1.54, 1.807) is 7.11 Å². The van der Waals surface area contributed by atoms with Gasteiger partial charge in [0, 0.05) is 5.02 Å². The summed E-state index contributed by atoms with van der Waals surface area (Å²) >= 11 is 6.18. The normalized spacial score (nSPS) is 10.5. The molecule has 3 heteroatoms. The van der Waals surface area contributed by atoms with Crippen LogP contribution in [-0.2, 0) is 0 Å². The molecule has 106 valence electrons. The van der Waals surface area contributed by atoms with Gasteiger partial charge in [0.1, 0.15) is 5.75 Å². The summed E-state index contributed by atoms with van der Waals surface area (Å²) in [6.07, 6.45) is 0.